The van der Waals surface area contributed by atoms with Gasteiger partial charge in [-0.1, -0.05) is 36.4 Å². The molecule has 0 saturated heterocycles. The highest BCUT2D eigenvalue weighted by Crippen LogP contribution is 2.37. The van der Waals surface area contributed by atoms with E-state index < -0.39 is 39.4 Å². The number of benzene rings is 2. The highest BCUT2D eigenvalue weighted by atomic mass is 32.2. The summed E-state index contributed by atoms with van der Waals surface area (Å²) in [4.78, 5) is 45.0. The lowest BCUT2D eigenvalue weighted by atomic mass is 10.1. The van der Waals surface area contributed by atoms with E-state index >= 15 is 0 Å². The summed E-state index contributed by atoms with van der Waals surface area (Å²) in [5.41, 5.74) is 1.13. The van der Waals surface area contributed by atoms with Crippen LogP contribution in [0.3, 0.4) is 0 Å². The van der Waals surface area contributed by atoms with E-state index in [2.05, 4.69) is 10.3 Å². The van der Waals surface area contributed by atoms with Gasteiger partial charge in [-0.2, -0.15) is 0 Å². The number of methoxy groups -OCH3 is 1. The molecular weight excluding hydrogens is 538 g/mol. The third kappa shape index (κ3) is 6.46. The zero-order valence-corrected chi connectivity index (χ0v) is 23.1. The van der Waals surface area contributed by atoms with Crippen molar-refractivity contribution in [2.24, 2.45) is 0 Å². The number of hydrogen-bond acceptors (Lipinski definition) is 9. The van der Waals surface area contributed by atoms with Gasteiger partial charge in [0.15, 0.2) is 5.75 Å². The number of pyridine rings is 1. The lowest BCUT2D eigenvalue weighted by Crippen LogP contribution is -2.38. The van der Waals surface area contributed by atoms with Crippen LogP contribution in [-0.2, 0) is 26.0 Å². The lowest BCUT2D eigenvalue weighted by molar-refractivity contribution is -0.121. The standard InChI is InChI=1S/C28H29N3O8S/c1-4-39-26-23(37-2)14-13-20(30-26)22(17-40(3,35)36)31-27(33)19-11-8-12-21(25(19)28(31)34)29-24(32)16-38-15-18-9-6-5-7-10-18/h5-14,22H,4,15-17H2,1-3H3,(H,29,32)/t22-/m0/s1. The molecule has 11 nitrogen and oxygen atoms in total. The third-order valence-electron chi connectivity index (χ3n) is 6.03. The van der Waals surface area contributed by atoms with Crippen LogP contribution in [0.25, 0.3) is 0 Å². The summed E-state index contributed by atoms with van der Waals surface area (Å²) in [6.07, 6.45) is 1.01. The summed E-state index contributed by atoms with van der Waals surface area (Å²) in [6, 6.07) is 15.5. The number of rotatable bonds is 12. The van der Waals surface area contributed by atoms with Crippen LogP contribution in [0.4, 0.5) is 5.69 Å². The molecule has 2 aromatic carbocycles. The van der Waals surface area contributed by atoms with Crippen molar-refractivity contribution in [1.82, 2.24) is 9.88 Å². The summed E-state index contributed by atoms with van der Waals surface area (Å²) < 4.78 is 41.0. The largest absolute Gasteiger partial charge is 0.491 e. The summed E-state index contributed by atoms with van der Waals surface area (Å²) in [5, 5.41) is 2.63. The smallest absolute Gasteiger partial charge is 0.264 e. The van der Waals surface area contributed by atoms with Crippen LogP contribution < -0.4 is 14.8 Å². The molecule has 1 N–H and O–H groups in total. The van der Waals surface area contributed by atoms with Crippen LogP contribution in [0.2, 0.25) is 0 Å². The SMILES string of the molecule is CCOc1nc([C@H](CS(C)(=O)=O)N2C(=O)c3cccc(NC(=O)COCc4ccccc4)c3C2=O)ccc1OC. The Kier molecular flexibility index (Phi) is 8.80. The molecule has 2 heterocycles. The molecule has 0 spiro atoms. The molecule has 3 amide bonds. The lowest BCUT2D eigenvalue weighted by Gasteiger charge is -2.26. The van der Waals surface area contributed by atoms with Gasteiger partial charge in [-0.15, -0.1) is 0 Å². The molecule has 1 aromatic heterocycles. The maximum absolute atomic E-state index is 13.7. The highest BCUT2D eigenvalue weighted by Gasteiger charge is 2.44. The number of anilines is 1. The molecule has 0 saturated carbocycles. The van der Waals surface area contributed by atoms with Gasteiger partial charge in [-0.05, 0) is 36.8 Å². The second-order valence-corrected chi connectivity index (χ2v) is 11.2. The highest BCUT2D eigenvalue weighted by molar-refractivity contribution is 7.90. The molecule has 0 fully saturated rings. The van der Waals surface area contributed by atoms with Gasteiger partial charge in [0.25, 0.3) is 17.7 Å². The fraction of sp³-hybridized carbons (Fsp3) is 0.286. The second kappa shape index (κ2) is 12.3. The predicted octanol–water partition coefficient (Wildman–Crippen LogP) is 3.03. The Morgan fingerprint density at radius 1 is 1.02 bits per heavy atom. The molecule has 1 aliphatic rings. The number of aromatic nitrogens is 1. The van der Waals surface area contributed by atoms with Crippen molar-refractivity contribution in [1.29, 1.82) is 0 Å². The fourth-order valence-electron chi connectivity index (χ4n) is 4.31. The molecule has 1 atom stereocenters. The Balaban J connectivity index is 1.61. The van der Waals surface area contributed by atoms with Gasteiger partial charge in [0.2, 0.25) is 5.91 Å². The molecule has 0 radical (unpaired) electrons. The van der Waals surface area contributed by atoms with E-state index in [0.717, 1.165) is 16.7 Å². The number of ether oxygens (including phenoxy) is 3. The number of carbonyl (C=O) groups excluding carboxylic acids is 3. The fourth-order valence-corrected chi connectivity index (χ4v) is 5.21. The Labute approximate surface area is 232 Å². The van der Waals surface area contributed by atoms with Gasteiger partial charge in [0, 0.05) is 6.26 Å². The number of imide groups is 1. The van der Waals surface area contributed by atoms with Crippen LogP contribution in [-0.4, -0.2) is 68.4 Å². The van der Waals surface area contributed by atoms with E-state index in [-0.39, 0.29) is 48.2 Å². The zero-order chi connectivity index (χ0) is 28.9. The van der Waals surface area contributed by atoms with Crippen LogP contribution in [0.5, 0.6) is 11.6 Å². The van der Waals surface area contributed by atoms with Crippen molar-refractivity contribution in [3.05, 3.63) is 83.0 Å². The normalized spacial score (nSPS) is 13.6. The first kappa shape index (κ1) is 28.7. The van der Waals surface area contributed by atoms with Crippen LogP contribution in [0, 0.1) is 0 Å². The third-order valence-corrected chi connectivity index (χ3v) is 6.95. The van der Waals surface area contributed by atoms with Crippen molar-refractivity contribution >= 4 is 33.2 Å². The second-order valence-electron chi connectivity index (χ2n) is 9.02. The molecular formula is C28H29N3O8S. The quantitative estimate of drug-likeness (QED) is 0.327. The summed E-state index contributed by atoms with van der Waals surface area (Å²) in [5.74, 6) is -2.15. The molecule has 1 aliphatic heterocycles. The van der Waals surface area contributed by atoms with E-state index in [1.807, 2.05) is 30.3 Å². The van der Waals surface area contributed by atoms with Gasteiger partial charge in [-0.25, -0.2) is 13.4 Å². The van der Waals surface area contributed by atoms with Crippen LogP contribution >= 0.6 is 0 Å². The Morgan fingerprint density at radius 2 is 1.77 bits per heavy atom. The topological polar surface area (TPSA) is 141 Å². The number of nitrogens with zero attached hydrogens (tertiary/aromatic N) is 2. The molecule has 3 aromatic rings. The molecule has 40 heavy (non-hydrogen) atoms. The van der Waals surface area contributed by atoms with Crippen LogP contribution in [0.15, 0.2) is 60.7 Å². The molecule has 0 bridgehead atoms. The number of nitrogens with one attached hydrogen (secondary N) is 1. The predicted molar refractivity (Wildman–Crippen MR) is 146 cm³/mol. The number of amides is 3. The summed E-state index contributed by atoms with van der Waals surface area (Å²) >= 11 is 0. The van der Waals surface area contributed by atoms with Crippen molar-refractivity contribution in [3.63, 3.8) is 0 Å². The number of carbonyl (C=O) groups is 3. The average molecular weight is 568 g/mol. The van der Waals surface area contributed by atoms with Gasteiger partial charge in [0.05, 0.1) is 54.6 Å². The zero-order valence-electron chi connectivity index (χ0n) is 22.2. The van der Waals surface area contributed by atoms with E-state index in [0.29, 0.717) is 5.75 Å². The number of hydrogen-bond donors (Lipinski definition) is 1. The van der Waals surface area contributed by atoms with E-state index in [9.17, 15) is 22.8 Å². The van der Waals surface area contributed by atoms with Gasteiger partial charge >= 0.3 is 0 Å². The Morgan fingerprint density at radius 3 is 2.45 bits per heavy atom. The first-order valence-corrected chi connectivity index (χ1v) is 14.5. The van der Waals surface area contributed by atoms with E-state index in [4.69, 9.17) is 14.2 Å². The maximum Gasteiger partial charge on any atom is 0.264 e. The van der Waals surface area contributed by atoms with Gasteiger partial charge in [0.1, 0.15) is 16.4 Å². The van der Waals surface area contributed by atoms with Gasteiger partial charge in [-0.3, -0.25) is 19.3 Å². The monoisotopic (exact) mass is 567 g/mol. The van der Waals surface area contributed by atoms with E-state index in [1.165, 1.54) is 37.4 Å². The molecule has 0 aliphatic carbocycles. The molecule has 4 rings (SSSR count). The summed E-state index contributed by atoms with van der Waals surface area (Å²) in [7, 11) is -2.26. The maximum atomic E-state index is 13.7. The van der Waals surface area contributed by atoms with Crippen molar-refractivity contribution in [3.8, 4) is 11.6 Å². The summed E-state index contributed by atoms with van der Waals surface area (Å²) in [6.45, 7) is 1.94. The first-order chi connectivity index (χ1) is 19.1. The minimum absolute atomic E-state index is 0.0325. The first-order valence-electron chi connectivity index (χ1n) is 12.4. The van der Waals surface area contributed by atoms with Crippen molar-refractivity contribution < 1.29 is 37.0 Å². The number of fused-ring (bicyclic) bond motifs is 1. The Hall–Kier alpha value is -4.29. The number of sulfone groups is 1. The minimum Gasteiger partial charge on any atom is -0.491 e. The van der Waals surface area contributed by atoms with Crippen molar-refractivity contribution in [2.75, 3.05) is 37.6 Å². The van der Waals surface area contributed by atoms with Crippen LogP contribution in [0.1, 0.15) is 44.9 Å². The van der Waals surface area contributed by atoms with Gasteiger partial charge < -0.3 is 19.5 Å². The van der Waals surface area contributed by atoms with E-state index in [1.54, 1.807) is 6.92 Å². The minimum atomic E-state index is -3.69. The molecule has 12 heteroatoms. The molecule has 0 unspecified atom stereocenters. The van der Waals surface area contributed by atoms with Crippen molar-refractivity contribution in [2.45, 2.75) is 19.6 Å². The molecule has 210 valence electrons. The Bertz CT molecular complexity index is 1530. The average Bonchev–Trinajstić information content (AvgIpc) is 3.18.